The van der Waals surface area contributed by atoms with Gasteiger partial charge in [0.05, 0.1) is 6.61 Å². The first kappa shape index (κ1) is 14.1. The summed E-state index contributed by atoms with van der Waals surface area (Å²) in [5.74, 6) is 0.219. The van der Waals surface area contributed by atoms with Crippen molar-refractivity contribution in [2.45, 2.75) is 18.6 Å². The molecule has 1 saturated heterocycles. The molecule has 1 atom stereocenters. The molecular formula is C12H15N5O3S. The lowest BCUT2D eigenvalue weighted by Gasteiger charge is -2.20. The highest BCUT2D eigenvalue weighted by Gasteiger charge is 2.32. The van der Waals surface area contributed by atoms with Crippen molar-refractivity contribution in [3.05, 3.63) is 16.8 Å². The molecule has 3 heterocycles. The molecule has 0 radical (unpaired) electrons. The molecule has 8 nitrogen and oxygen atoms in total. The van der Waals surface area contributed by atoms with Crippen LogP contribution in [0.3, 0.4) is 0 Å². The molecule has 2 N–H and O–H groups in total. The Balaban J connectivity index is 1.53. The van der Waals surface area contributed by atoms with Crippen LogP contribution in [0.1, 0.15) is 6.42 Å². The number of aliphatic hydroxyl groups is 1. The predicted molar refractivity (Wildman–Crippen MR) is 74.5 cm³/mol. The molecule has 0 bridgehead atoms. The summed E-state index contributed by atoms with van der Waals surface area (Å²) in [5, 5.41) is 28.4. The number of tetrazole rings is 1. The molecule has 1 aliphatic heterocycles. The first-order chi connectivity index (χ1) is 10.1. The molecular weight excluding hydrogens is 294 g/mol. The van der Waals surface area contributed by atoms with Crippen LogP contribution in [0.15, 0.2) is 16.8 Å². The van der Waals surface area contributed by atoms with Crippen LogP contribution in [0.5, 0.6) is 0 Å². The molecule has 9 heteroatoms. The van der Waals surface area contributed by atoms with Gasteiger partial charge in [0, 0.05) is 30.5 Å². The third kappa shape index (κ3) is 3.43. The van der Waals surface area contributed by atoms with E-state index < -0.39 is 5.60 Å². The molecule has 2 aromatic heterocycles. The fourth-order valence-electron chi connectivity index (χ4n) is 2.00. The number of rotatable bonds is 5. The Hall–Kier alpha value is -1.84. The number of ether oxygens (including phenoxy) is 1. The minimum atomic E-state index is -0.965. The quantitative estimate of drug-likeness (QED) is 0.784. The maximum Gasteiger partial charge on any atom is 0.243 e. The predicted octanol–water partition coefficient (Wildman–Crippen LogP) is -0.331. The van der Waals surface area contributed by atoms with Crippen molar-refractivity contribution in [3.8, 4) is 11.4 Å². The first-order valence-electron chi connectivity index (χ1n) is 6.52. The minimum absolute atomic E-state index is 0.0337. The van der Waals surface area contributed by atoms with Crippen molar-refractivity contribution in [1.29, 1.82) is 0 Å². The highest BCUT2D eigenvalue weighted by atomic mass is 32.1. The molecule has 0 aliphatic carbocycles. The third-order valence-electron chi connectivity index (χ3n) is 3.21. The van der Waals surface area contributed by atoms with E-state index in [-0.39, 0.29) is 25.6 Å². The van der Waals surface area contributed by atoms with Gasteiger partial charge in [-0.1, -0.05) is 0 Å². The zero-order valence-corrected chi connectivity index (χ0v) is 12.0. The number of thiophene rings is 1. The number of hydrogen-bond acceptors (Lipinski definition) is 7. The number of carbonyl (C=O) groups is 1. The molecule has 0 spiro atoms. The van der Waals surface area contributed by atoms with Gasteiger partial charge in [-0.25, -0.2) is 0 Å². The van der Waals surface area contributed by atoms with Crippen molar-refractivity contribution in [2.24, 2.45) is 0 Å². The maximum atomic E-state index is 11.8. The van der Waals surface area contributed by atoms with Gasteiger partial charge in [0.2, 0.25) is 11.7 Å². The van der Waals surface area contributed by atoms with Crippen LogP contribution in [-0.4, -0.2) is 56.6 Å². The van der Waals surface area contributed by atoms with E-state index in [0.29, 0.717) is 18.9 Å². The number of hydrogen-bond donors (Lipinski definition) is 2. The molecule has 0 aromatic carbocycles. The van der Waals surface area contributed by atoms with Crippen LogP contribution in [0.25, 0.3) is 11.4 Å². The van der Waals surface area contributed by atoms with Gasteiger partial charge >= 0.3 is 0 Å². The molecule has 3 rings (SSSR count). The Morgan fingerprint density at radius 2 is 2.52 bits per heavy atom. The van der Waals surface area contributed by atoms with Crippen molar-refractivity contribution < 1.29 is 14.6 Å². The van der Waals surface area contributed by atoms with Gasteiger partial charge in [-0.15, -0.1) is 10.2 Å². The van der Waals surface area contributed by atoms with Crippen molar-refractivity contribution in [1.82, 2.24) is 25.5 Å². The van der Waals surface area contributed by atoms with Gasteiger partial charge in [-0.05, 0) is 16.7 Å². The highest BCUT2D eigenvalue weighted by Crippen LogP contribution is 2.17. The van der Waals surface area contributed by atoms with Gasteiger partial charge in [-0.2, -0.15) is 16.1 Å². The van der Waals surface area contributed by atoms with Crippen LogP contribution in [0, 0.1) is 0 Å². The lowest BCUT2D eigenvalue weighted by atomic mass is 10.0. The van der Waals surface area contributed by atoms with E-state index in [4.69, 9.17) is 4.74 Å². The topological polar surface area (TPSA) is 102 Å². The fourth-order valence-corrected chi connectivity index (χ4v) is 2.64. The van der Waals surface area contributed by atoms with Gasteiger partial charge in [-0.3, -0.25) is 4.79 Å². The summed E-state index contributed by atoms with van der Waals surface area (Å²) in [6, 6.07) is 1.89. The molecule has 1 unspecified atom stereocenters. The summed E-state index contributed by atoms with van der Waals surface area (Å²) >= 11 is 1.54. The molecule has 1 amide bonds. The van der Waals surface area contributed by atoms with E-state index in [2.05, 4.69) is 20.7 Å². The molecule has 2 aromatic rings. The number of amides is 1. The molecule has 112 valence electrons. The second kappa shape index (κ2) is 5.88. The number of nitrogens with zero attached hydrogens (tertiary/aromatic N) is 4. The van der Waals surface area contributed by atoms with Crippen molar-refractivity contribution in [3.63, 3.8) is 0 Å². The minimum Gasteiger partial charge on any atom is -0.386 e. The van der Waals surface area contributed by atoms with Crippen molar-refractivity contribution >= 4 is 17.2 Å². The smallest absolute Gasteiger partial charge is 0.243 e. The molecule has 1 fully saturated rings. The van der Waals surface area contributed by atoms with Crippen LogP contribution in [-0.2, 0) is 16.1 Å². The lowest BCUT2D eigenvalue weighted by Crippen LogP contribution is -2.44. The van der Waals surface area contributed by atoms with Gasteiger partial charge in [0.25, 0.3) is 0 Å². The Kier molecular flexibility index (Phi) is 3.95. The van der Waals surface area contributed by atoms with E-state index in [9.17, 15) is 9.90 Å². The SMILES string of the molecule is O=C(Cn1nnc(-c2ccsc2)n1)NCC1(O)CCOC1. The zero-order chi connectivity index (χ0) is 14.7. The Labute approximate surface area is 124 Å². The van der Waals surface area contributed by atoms with E-state index in [0.717, 1.165) is 5.56 Å². The summed E-state index contributed by atoms with van der Waals surface area (Å²) in [7, 11) is 0. The first-order valence-corrected chi connectivity index (χ1v) is 7.46. The molecule has 1 aliphatic rings. The van der Waals surface area contributed by atoms with Crippen LogP contribution in [0.4, 0.5) is 0 Å². The normalized spacial score (nSPS) is 21.6. The Morgan fingerprint density at radius 3 is 3.24 bits per heavy atom. The van der Waals surface area contributed by atoms with Crippen LogP contribution in [0.2, 0.25) is 0 Å². The molecule has 21 heavy (non-hydrogen) atoms. The number of nitrogens with one attached hydrogen (secondary N) is 1. The molecule has 0 saturated carbocycles. The average molecular weight is 309 g/mol. The second-order valence-electron chi connectivity index (χ2n) is 4.96. The average Bonchev–Trinajstić information content (AvgIpc) is 3.17. The highest BCUT2D eigenvalue weighted by molar-refractivity contribution is 7.08. The zero-order valence-electron chi connectivity index (χ0n) is 11.2. The van der Waals surface area contributed by atoms with E-state index >= 15 is 0 Å². The van der Waals surface area contributed by atoms with Gasteiger partial charge in [0.15, 0.2) is 0 Å². The largest absolute Gasteiger partial charge is 0.386 e. The van der Waals surface area contributed by atoms with E-state index in [1.165, 1.54) is 4.80 Å². The van der Waals surface area contributed by atoms with Crippen LogP contribution < -0.4 is 5.32 Å². The summed E-state index contributed by atoms with van der Waals surface area (Å²) in [5.41, 5.74) is -0.0862. The van der Waals surface area contributed by atoms with Gasteiger partial charge < -0.3 is 15.2 Å². The lowest BCUT2D eigenvalue weighted by molar-refractivity contribution is -0.123. The van der Waals surface area contributed by atoms with E-state index in [1.807, 2.05) is 16.8 Å². The standard InChI is InChI=1S/C12H15N5O3S/c18-10(13-7-12(19)2-3-20-8-12)5-17-15-11(14-16-17)9-1-4-21-6-9/h1,4,6,19H,2-3,5,7-8H2,(H,13,18). The van der Waals surface area contributed by atoms with Gasteiger partial charge in [0.1, 0.15) is 12.1 Å². The number of carbonyl (C=O) groups excluding carboxylic acids is 1. The van der Waals surface area contributed by atoms with Crippen LogP contribution >= 0.6 is 11.3 Å². The summed E-state index contributed by atoms with van der Waals surface area (Å²) < 4.78 is 5.12. The summed E-state index contributed by atoms with van der Waals surface area (Å²) in [6.07, 6.45) is 0.525. The second-order valence-corrected chi connectivity index (χ2v) is 5.74. The summed E-state index contributed by atoms with van der Waals surface area (Å²) in [4.78, 5) is 13.1. The Morgan fingerprint density at radius 1 is 1.62 bits per heavy atom. The Bertz CT molecular complexity index is 606. The summed E-state index contributed by atoms with van der Waals surface area (Å²) in [6.45, 7) is 0.893. The third-order valence-corrected chi connectivity index (χ3v) is 3.90. The van der Waals surface area contributed by atoms with Crippen molar-refractivity contribution in [2.75, 3.05) is 19.8 Å². The number of aromatic nitrogens is 4. The monoisotopic (exact) mass is 309 g/mol. The fraction of sp³-hybridized carbons (Fsp3) is 0.500. The van der Waals surface area contributed by atoms with E-state index in [1.54, 1.807) is 11.3 Å². The maximum absolute atomic E-state index is 11.8.